The molecule has 0 aromatic heterocycles. The summed E-state index contributed by atoms with van der Waals surface area (Å²) in [7, 11) is 3.92. The van der Waals surface area contributed by atoms with Crippen LogP contribution in [0.25, 0.3) is 0 Å². The zero-order valence-electron chi connectivity index (χ0n) is 7.40. The predicted octanol–water partition coefficient (Wildman–Crippen LogP) is 3.21. The van der Waals surface area contributed by atoms with Gasteiger partial charge in [-0.25, -0.2) is 0 Å². The fourth-order valence-electron chi connectivity index (χ4n) is 1.21. The maximum atomic E-state index is 10.2. The van der Waals surface area contributed by atoms with E-state index < -0.39 is 5.97 Å². The molecule has 5 heteroatoms. The number of hydrogen-bond donors (Lipinski definition) is 1. The van der Waals surface area contributed by atoms with Gasteiger partial charge in [0.2, 0.25) is 0 Å². The summed E-state index contributed by atoms with van der Waals surface area (Å²) in [6, 6.07) is 0. The van der Waals surface area contributed by atoms with Crippen molar-refractivity contribution >= 4 is 40.0 Å². The Kier molecular flexibility index (Phi) is 8.10. The van der Waals surface area contributed by atoms with Crippen LogP contribution < -0.4 is 0 Å². The minimum absolute atomic E-state index is 0. The lowest BCUT2D eigenvalue weighted by molar-refractivity contribution is -0.137. The van der Waals surface area contributed by atoms with Gasteiger partial charge in [-0.2, -0.15) is 0 Å². The maximum absolute atomic E-state index is 10.2. The van der Waals surface area contributed by atoms with Crippen molar-refractivity contribution in [1.29, 1.82) is 0 Å². The van der Waals surface area contributed by atoms with Crippen LogP contribution >= 0.6 is 34.0 Å². The van der Waals surface area contributed by atoms with Crippen LogP contribution in [0.2, 0.25) is 0 Å². The molecule has 0 aromatic rings. The fourth-order valence-corrected chi connectivity index (χ4v) is 4.24. The summed E-state index contributed by atoms with van der Waals surface area (Å²) in [5.41, 5.74) is 0. The van der Waals surface area contributed by atoms with Crippen LogP contribution in [-0.4, -0.2) is 22.1 Å². The number of carboxylic acid groups (broad SMARTS) is 1. The highest BCUT2D eigenvalue weighted by Crippen LogP contribution is 2.39. The Morgan fingerprint density at radius 2 is 2.23 bits per heavy atom. The average molecular weight is 243 g/mol. The molecule has 1 fully saturated rings. The Morgan fingerprint density at radius 1 is 1.46 bits per heavy atom. The topological polar surface area (TPSA) is 37.3 Å². The SMILES string of the molecule is Cl.O=C(O)CCCCC1CCSS1. The number of hydrogen-bond acceptors (Lipinski definition) is 3. The Hall–Kier alpha value is 0.460. The molecule has 0 radical (unpaired) electrons. The summed E-state index contributed by atoms with van der Waals surface area (Å²) in [5, 5.41) is 9.19. The molecule has 1 unspecified atom stereocenters. The first kappa shape index (κ1) is 13.5. The third kappa shape index (κ3) is 6.52. The number of aliphatic carboxylic acids is 1. The average Bonchev–Trinajstić information content (AvgIpc) is 2.49. The zero-order chi connectivity index (χ0) is 8.81. The lowest BCUT2D eigenvalue weighted by Gasteiger charge is -2.04. The first-order chi connectivity index (χ1) is 5.79. The number of carbonyl (C=O) groups is 1. The summed E-state index contributed by atoms with van der Waals surface area (Å²) >= 11 is 0. The molecular formula is C8H15ClO2S2. The van der Waals surface area contributed by atoms with Crippen LogP contribution in [0.5, 0.6) is 0 Å². The summed E-state index contributed by atoms with van der Waals surface area (Å²) < 4.78 is 0. The Bertz CT molecular complexity index is 149. The molecule has 1 aliphatic rings. The van der Waals surface area contributed by atoms with Crippen molar-refractivity contribution in [2.24, 2.45) is 0 Å². The largest absolute Gasteiger partial charge is 0.481 e. The van der Waals surface area contributed by atoms with Crippen molar-refractivity contribution in [2.75, 3.05) is 5.75 Å². The van der Waals surface area contributed by atoms with E-state index in [2.05, 4.69) is 0 Å². The summed E-state index contributed by atoms with van der Waals surface area (Å²) in [4.78, 5) is 10.2. The Labute approximate surface area is 93.0 Å². The van der Waals surface area contributed by atoms with E-state index in [0.29, 0.717) is 6.42 Å². The van der Waals surface area contributed by atoms with Gasteiger partial charge in [-0.05, 0) is 19.3 Å². The number of rotatable bonds is 5. The van der Waals surface area contributed by atoms with Crippen LogP contribution in [0, 0.1) is 0 Å². The van der Waals surface area contributed by atoms with Crippen LogP contribution in [0.1, 0.15) is 32.1 Å². The number of unbranched alkanes of at least 4 members (excludes halogenated alkanes) is 1. The molecule has 0 spiro atoms. The molecule has 1 N–H and O–H groups in total. The maximum Gasteiger partial charge on any atom is 0.303 e. The van der Waals surface area contributed by atoms with E-state index in [4.69, 9.17) is 5.11 Å². The molecule has 78 valence electrons. The molecule has 0 amide bonds. The van der Waals surface area contributed by atoms with Gasteiger partial charge in [0.25, 0.3) is 0 Å². The van der Waals surface area contributed by atoms with E-state index in [-0.39, 0.29) is 12.4 Å². The monoisotopic (exact) mass is 242 g/mol. The van der Waals surface area contributed by atoms with Gasteiger partial charge in [-0.3, -0.25) is 4.79 Å². The van der Waals surface area contributed by atoms with Crippen molar-refractivity contribution in [1.82, 2.24) is 0 Å². The molecule has 13 heavy (non-hydrogen) atoms. The van der Waals surface area contributed by atoms with Gasteiger partial charge >= 0.3 is 5.97 Å². The molecule has 1 rings (SSSR count). The zero-order valence-corrected chi connectivity index (χ0v) is 9.85. The van der Waals surface area contributed by atoms with E-state index in [1.807, 2.05) is 21.6 Å². The van der Waals surface area contributed by atoms with Gasteiger partial charge in [0.15, 0.2) is 0 Å². The van der Waals surface area contributed by atoms with E-state index >= 15 is 0 Å². The first-order valence-corrected chi connectivity index (χ1v) is 6.67. The van der Waals surface area contributed by atoms with Crippen molar-refractivity contribution in [3.63, 3.8) is 0 Å². The van der Waals surface area contributed by atoms with Gasteiger partial charge in [-0.1, -0.05) is 28.0 Å². The smallest absolute Gasteiger partial charge is 0.303 e. The third-order valence-electron chi connectivity index (χ3n) is 1.89. The molecule has 0 bridgehead atoms. The highest BCUT2D eigenvalue weighted by Gasteiger charge is 2.15. The van der Waals surface area contributed by atoms with Gasteiger partial charge in [-0.15, -0.1) is 12.4 Å². The van der Waals surface area contributed by atoms with Crippen molar-refractivity contribution in [2.45, 2.75) is 37.4 Å². The minimum atomic E-state index is -0.663. The number of halogens is 1. The van der Waals surface area contributed by atoms with Gasteiger partial charge < -0.3 is 5.11 Å². The van der Waals surface area contributed by atoms with Crippen molar-refractivity contribution in [3.8, 4) is 0 Å². The molecule has 1 atom stereocenters. The summed E-state index contributed by atoms with van der Waals surface area (Å²) in [6.45, 7) is 0. The van der Waals surface area contributed by atoms with E-state index in [1.165, 1.54) is 18.6 Å². The van der Waals surface area contributed by atoms with E-state index in [0.717, 1.165) is 18.1 Å². The lowest BCUT2D eigenvalue weighted by Crippen LogP contribution is -1.99. The van der Waals surface area contributed by atoms with Crippen LogP contribution in [0.3, 0.4) is 0 Å². The Morgan fingerprint density at radius 3 is 2.77 bits per heavy atom. The van der Waals surface area contributed by atoms with Gasteiger partial charge in [0, 0.05) is 17.4 Å². The molecule has 0 aliphatic carbocycles. The lowest BCUT2D eigenvalue weighted by atomic mass is 10.1. The normalized spacial score (nSPS) is 21.1. The second-order valence-corrected chi connectivity index (χ2v) is 5.76. The minimum Gasteiger partial charge on any atom is -0.481 e. The second-order valence-electron chi connectivity index (χ2n) is 2.97. The highest BCUT2D eigenvalue weighted by atomic mass is 35.5. The quantitative estimate of drug-likeness (QED) is 0.594. The second kappa shape index (κ2) is 7.83. The molecule has 1 heterocycles. The molecule has 1 saturated heterocycles. The van der Waals surface area contributed by atoms with Crippen LogP contribution in [-0.2, 0) is 4.79 Å². The van der Waals surface area contributed by atoms with Gasteiger partial charge in [0.1, 0.15) is 0 Å². The molecule has 0 saturated carbocycles. The van der Waals surface area contributed by atoms with Gasteiger partial charge in [0.05, 0.1) is 0 Å². The predicted molar refractivity (Wildman–Crippen MR) is 61.8 cm³/mol. The first-order valence-electron chi connectivity index (χ1n) is 4.29. The Balaban J connectivity index is 0.00000144. The van der Waals surface area contributed by atoms with Crippen LogP contribution in [0.15, 0.2) is 0 Å². The van der Waals surface area contributed by atoms with E-state index in [9.17, 15) is 4.79 Å². The molecule has 2 nitrogen and oxygen atoms in total. The van der Waals surface area contributed by atoms with E-state index in [1.54, 1.807) is 0 Å². The van der Waals surface area contributed by atoms with Crippen molar-refractivity contribution in [3.05, 3.63) is 0 Å². The fraction of sp³-hybridized carbons (Fsp3) is 0.875. The number of carboxylic acids is 1. The highest BCUT2D eigenvalue weighted by molar-refractivity contribution is 8.77. The molecular weight excluding hydrogens is 228 g/mol. The standard InChI is InChI=1S/C8H14O2S2.ClH/c9-8(10)4-2-1-3-7-5-6-11-12-7;/h7H,1-6H2,(H,9,10);1H. The van der Waals surface area contributed by atoms with Crippen LogP contribution in [0.4, 0.5) is 0 Å². The molecule has 0 aromatic carbocycles. The third-order valence-corrected chi connectivity index (χ3v) is 4.90. The summed E-state index contributed by atoms with van der Waals surface area (Å²) in [5.74, 6) is 0.609. The summed E-state index contributed by atoms with van der Waals surface area (Å²) in [6.07, 6.45) is 4.76. The molecule has 1 aliphatic heterocycles. The van der Waals surface area contributed by atoms with Crippen molar-refractivity contribution < 1.29 is 9.90 Å².